The largest absolute Gasteiger partial charge is 0.495 e. The molecule has 1 atom stereocenters. The third kappa shape index (κ3) is 5.91. The third-order valence-corrected chi connectivity index (χ3v) is 5.27. The second kappa shape index (κ2) is 11.4. The quantitative estimate of drug-likeness (QED) is 0.345. The van der Waals surface area contributed by atoms with Crippen molar-refractivity contribution in [1.82, 2.24) is 10.6 Å². The van der Waals surface area contributed by atoms with Crippen molar-refractivity contribution < 1.29 is 4.74 Å². The number of guanidine groups is 1. The van der Waals surface area contributed by atoms with E-state index in [-0.39, 0.29) is 24.0 Å². The Balaban J connectivity index is 0.00000280. The minimum atomic E-state index is 0. The molecule has 7 heteroatoms. The van der Waals surface area contributed by atoms with Crippen molar-refractivity contribution in [2.75, 3.05) is 38.7 Å². The van der Waals surface area contributed by atoms with Crippen LogP contribution < -0.4 is 20.3 Å². The Labute approximate surface area is 189 Å². The van der Waals surface area contributed by atoms with Crippen LogP contribution in [-0.4, -0.2) is 39.8 Å². The summed E-state index contributed by atoms with van der Waals surface area (Å²) in [5, 5.41) is 7.54. The molecule has 0 spiro atoms. The molecule has 3 rings (SSSR count). The molecule has 0 saturated carbocycles. The van der Waals surface area contributed by atoms with Crippen LogP contribution in [0.1, 0.15) is 12.0 Å². The Morgan fingerprint density at radius 3 is 2.68 bits per heavy atom. The van der Waals surface area contributed by atoms with Crippen LogP contribution in [0.2, 0.25) is 5.02 Å². The van der Waals surface area contributed by atoms with E-state index in [1.165, 1.54) is 5.69 Å². The number of para-hydroxylation sites is 2. The molecule has 2 N–H and O–H groups in total. The second-order valence-corrected chi connectivity index (χ2v) is 7.08. The van der Waals surface area contributed by atoms with Crippen molar-refractivity contribution >= 4 is 47.2 Å². The number of halogens is 2. The zero-order chi connectivity index (χ0) is 19.1. The fourth-order valence-electron chi connectivity index (χ4n) is 3.39. The van der Waals surface area contributed by atoms with E-state index in [2.05, 4.69) is 32.7 Å². The molecule has 1 unspecified atom stereocenters. The lowest BCUT2D eigenvalue weighted by Gasteiger charge is -2.21. The number of hydrogen-bond acceptors (Lipinski definition) is 3. The first-order valence-corrected chi connectivity index (χ1v) is 9.65. The topological polar surface area (TPSA) is 48.9 Å². The highest BCUT2D eigenvalue weighted by Gasteiger charge is 2.24. The number of rotatable bonds is 6. The summed E-state index contributed by atoms with van der Waals surface area (Å²) < 4.78 is 5.50. The van der Waals surface area contributed by atoms with E-state index < -0.39 is 0 Å². The van der Waals surface area contributed by atoms with Gasteiger partial charge in [-0.25, -0.2) is 0 Å². The van der Waals surface area contributed by atoms with Crippen LogP contribution in [-0.2, 0) is 6.54 Å². The molecule has 5 nitrogen and oxygen atoms in total. The van der Waals surface area contributed by atoms with Crippen LogP contribution in [0.25, 0.3) is 0 Å². The van der Waals surface area contributed by atoms with Crippen LogP contribution in [0.3, 0.4) is 0 Å². The number of aliphatic imine (C=N–C) groups is 1. The van der Waals surface area contributed by atoms with Crippen LogP contribution in [0.15, 0.2) is 53.5 Å². The zero-order valence-corrected chi connectivity index (χ0v) is 19.4. The zero-order valence-electron chi connectivity index (χ0n) is 16.3. The van der Waals surface area contributed by atoms with Crippen molar-refractivity contribution in [3.63, 3.8) is 0 Å². The van der Waals surface area contributed by atoms with Crippen LogP contribution in [0, 0.1) is 5.92 Å². The minimum absolute atomic E-state index is 0. The molecule has 0 aliphatic carbocycles. The SMILES string of the molecule is CN=C(NCc1ccccc1Cl)NCC1CCN(c2ccccc2OC)C1.I. The van der Waals surface area contributed by atoms with Gasteiger partial charge in [0.05, 0.1) is 12.8 Å². The Morgan fingerprint density at radius 1 is 1.18 bits per heavy atom. The van der Waals surface area contributed by atoms with Gasteiger partial charge >= 0.3 is 0 Å². The minimum Gasteiger partial charge on any atom is -0.495 e. The standard InChI is InChI=1S/C21H27ClN4O.HI/c1-23-21(25-14-17-7-3-4-8-18(17)22)24-13-16-11-12-26(15-16)19-9-5-6-10-20(19)27-2;/h3-10,16H,11-15H2,1-2H3,(H2,23,24,25);1H. The molecule has 2 aromatic rings. The van der Waals surface area contributed by atoms with Gasteiger partial charge in [-0.2, -0.15) is 0 Å². The van der Waals surface area contributed by atoms with E-state index in [0.717, 1.165) is 48.4 Å². The molecule has 2 aromatic carbocycles. The predicted molar refractivity (Wildman–Crippen MR) is 128 cm³/mol. The van der Waals surface area contributed by atoms with Gasteiger partial charge in [-0.1, -0.05) is 41.9 Å². The van der Waals surface area contributed by atoms with Gasteiger partial charge in [0, 0.05) is 38.2 Å². The first-order chi connectivity index (χ1) is 13.2. The fraction of sp³-hybridized carbons (Fsp3) is 0.381. The van der Waals surface area contributed by atoms with Crippen LogP contribution in [0.5, 0.6) is 5.75 Å². The van der Waals surface area contributed by atoms with Gasteiger partial charge in [0.25, 0.3) is 0 Å². The summed E-state index contributed by atoms with van der Waals surface area (Å²) >= 11 is 6.21. The number of nitrogens with one attached hydrogen (secondary N) is 2. The Bertz CT molecular complexity index is 787. The monoisotopic (exact) mass is 514 g/mol. The van der Waals surface area contributed by atoms with Crippen molar-refractivity contribution in [3.05, 3.63) is 59.1 Å². The summed E-state index contributed by atoms with van der Waals surface area (Å²) in [4.78, 5) is 6.71. The molecule has 1 fully saturated rings. The van der Waals surface area contributed by atoms with Gasteiger partial charge < -0.3 is 20.3 Å². The van der Waals surface area contributed by atoms with E-state index in [9.17, 15) is 0 Å². The lowest BCUT2D eigenvalue weighted by atomic mass is 10.1. The number of methoxy groups -OCH3 is 1. The number of ether oxygens (including phenoxy) is 1. The highest BCUT2D eigenvalue weighted by atomic mass is 127. The first-order valence-electron chi connectivity index (χ1n) is 9.27. The molecule has 1 saturated heterocycles. The van der Waals surface area contributed by atoms with Crippen molar-refractivity contribution in [1.29, 1.82) is 0 Å². The van der Waals surface area contributed by atoms with E-state index >= 15 is 0 Å². The van der Waals surface area contributed by atoms with Gasteiger partial charge in [0.15, 0.2) is 5.96 Å². The van der Waals surface area contributed by atoms with Gasteiger partial charge in [-0.05, 0) is 36.1 Å². The van der Waals surface area contributed by atoms with Crippen LogP contribution >= 0.6 is 35.6 Å². The number of nitrogens with zero attached hydrogens (tertiary/aromatic N) is 2. The lowest BCUT2D eigenvalue weighted by molar-refractivity contribution is 0.414. The Kier molecular flexibility index (Phi) is 9.18. The van der Waals surface area contributed by atoms with Crippen molar-refractivity contribution in [2.45, 2.75) is 13.0 Å². The Morgan fingerprint density at radius 2 is 1.93 bits per heavy atom. The summed E-state index contributed by atoms with van der Waals surface area (Å²) in [6, 6.07) is 16.1. The number of anilines is 1. The summed E-state index contributed by atoms with van der Waals surface area (Å²) in [6.45, 7) is 3.58. The average Bonchev–Trinajstić information content (AvgIpc) is 3.18. The van der Waals surface area contributed by atoms with Gasteiger partial charge in [0.1, 0.15) is 5.75 Å². The van der Waals surface area contributed by atoms with Gasteiger partial charge in [-0.3, -0.25) is 4.99 Å². The molecule has 0 bridgehead atoms. The van der Waals surface area contributed by atoms with E-state index in [4.69, 9.17) is 16.3 Å². The van der Waals surface area contributed by atoms with Gasteiger partial charge in [0.2, 0.25) is 0 Å². The molecular weight excluding hydrogens is 487 g/mol. The number of benzene rings is 2. The average molecular weight is 515 g/mol. The highest BCUT2D eigenvalue weighted by molar-refractivity contribution is 14.0. The third-order valence-electron chi connectivity index (χ3n) is 4.90. The summed E-state index contributed by atoms with van der Waals surface area (Å²) in [5.41, 5.74) is 2.23. The molecule has 0 amide bonds. The maximum atomic E-state index is 6.21. The normalized spacial score (nSPS) is 16.5. The smallest absolute Gasteiger partial charge is 0.191 e. The van der Waals surface area contributed by atoms with Gasteiger partial charge in [-0.15, -0.1) is 24.0 Å². The van der Waals surface area contributed by atoms with Crippen molar-refractivity contribution in [3.8, 4) is 5.75 Å². The summed E-state index contributed by atoms with van der Waals surface area (Å²) in [7, 11) is 3.51. The predicted octanol–water partition coefficient (Wildman–Crippen LogP) is 4.16. The highest BCUT2D eigenvalue weighted by Crippen LogP contribution is 2.31. The molecule has 1 heterocycles. The molecule has 1 aliphatic rings. The molecule has 1 aliphatic heterocycles. The van der Waals surface area contributed by atoms with E-state index in [0.29, 0.717) is 12.5 Å². The fourth-order valence-corrected chi connectivity index (χ4v) is 3.59. The first kappa shape index (κ1) is 22.6. The molecular formula is C21H28ClIN4O. The molecule has 0 radical (unpaired) electrons. The summed E-state index contributed by atoms with van der Waals surface area (Å²) in [6.07, 6.45) is 1.15. The molecule has 28 heavy (non-hydrogen) atoms. The van der Waals surface area contributed by atoms with E-state index in [1.54, 1.807) is 14.2 Å². The second-order valence-electron chi connectivity index (χ2n) is 6.67. The Hall–Kier alpha value is -1.67. The summed E-state index contributed by atoms with van der Waals surface area (Å²) in [5.74, 6) is 2.29. The number of hydrogen-bond donors (Lipinski definition) is 2. The van der Waals surface area contributed by atoms with E-state index in [1.807, 2.05) is 36.4 Å². The maximum Gasteiger partial charge on any atom is 0.191 e. The maximum absolute atomic E-state index is 6.21. The van der Waals surface area contributed by atoms with Crippen molar-refractivity contribution in [2.24, 2.45) is 10.9 Å². The molecule has 0 aromatic heterocycles. The lowest BCUT2D eigenvalue weighted by Crippen LogP contribution is -2.40. The van der Waals surface area contributed by atoms with Crippen LogP contribution in [0.4, 0.5) is 5.69 Å². The molecule has 152 valence electrons.